The summed E-state index contributed by atoms with van der Waals surface area (Å²) >= 11 is 5.89. The Morgan fingerprint density at radius 3 is 2.17 bits per heavy atom. The van der Waals surface area contributed by atoms with Crippen molar-refractivity contribution in [3.8, 4) is 5.75 Å². The molecule has 4 nitrogen and oxygen atoms in total. The Hall–Kier alpha value is -3.38. The van der Waals surface area contributed by atoms with Crippen LogP contribution in [0, 0.1) is 5.82 Å². The topological polar surface area (TPSA) is 51.2 Å². The number of halogens is 11. The normalized spacial score (nSPS) is 14.5. The second-order valence-electron chi connectivity index (χ2n) is 8.74. The molecule has 226 valence electrons. The summed E-state index contributed by atoms with van der Waals surface area (Å²) in [4.78, 5) is 17.1. The number of pyridine rings is 1. The van der Waals surface area contributed by atoms with Gasteiger partial charge >= 0.3 is 18.7 Å². The van der Waals surface area contributed by atoms with Crippen molar-refractivity contribution in [3.63, 3.8) is 0 Å². The number of nitrogens with one attached hydrogen (secondary N) is 1. The van der Waals surface area contributed by atoms with Crippen LogP contribution in [-0.2, 0) is 16.8 Å². The molecule has 3 rings (SSSR count). The van der Waals surface area contributed by atoms with E-state index in [0.29, 0.717) is 33.0 Å². The molecular weight excluding hydrogens is 629 g/mol. The van der Waals surface area contributed by atoms with E-state index in [1.807, 2.05) is 0 Å². The Labute approximate surface area is 238 Å². The van der Waals surface area contributed by atoms with Crippen LogP contribution in [0.2, 0.25) is 5.02 Å². The van der Waals surface area contributed by atoms with Crippen molar-refractivity contribution in [3.05, 3.63) is 106 Å². The van der Waals surface area contributed by atoms with Gasteiger partial charge in [0.2, 0.25) is 5.91 Å². The summed E-state index contributed by atoms with van der Waals surface area (Å²) in [5, 5.41) is 2.15. The van der Waals surface area contributed by atoms with Crippen LogP contribution in [-0.4, -0.2) is 35.3 Å². The summed E-state index contributed by atoms with van der Waals surface area (Å²) in [7, 11) is 0.651. The lowest BCUT2D eigenvalue weighted by Crippen LogP contribution is -2.49. The molecule has 1 aromatic heterocycles. The molecule has 0 fully saturated rings. The number of rotatable bonds is 10. The third-order valence-electron chi connectivity index (χ3n) is 5.63. The molecule has 2 atom stereocenters. The molecular formula is C26H18ClF10N2O2P. The van der Waals surface area contributed by atoms with Gasteiger partial charge in [0.15, 0.2) is 0 Å². The van der Waals surface area contributed by atoms with Crippen LogP contribution in [0.5, 0.6) is 5.75 Å². The number of carbonyl (C=O) groups is 1. The smallest absolute Gasteiger partial charge is 0.428 e. The van der Waals surface area contributed by atoms with E-state index in [9.17, 15) is 48.7 Å². The average molecular weight is 647 g/mol. The third kappa shape index (κ3) is 8.13. The van der Waals surface area contributed by atoms with E-state index in [2.05, 4.69) is 15.0 Å². The Bertz CT molecular complexity index is 1420. The first kappa shape index (κ1) is 33.1. The van der Waals surface area contributed by atoms with Crippen LogP contribution in [0.3, 0.4) is 0 Å². The van der Waals surface area contributed by atoms with E-state index in [1.165, 1.54) is 30.3 Å². The van der Waals surface area contributed by atoms with Gasteiger partial charge in [-0.1, -0.05) is 51.2 Å². The maximum absolute atomic E-state index is 14.8. The maximum Gasteiger partial charge on any atom is 0.461 e. The lowest BCUT2D eigenvalue weighted by atomic mass is 9.80. The zero-order valence-corrected chi connectivity index (χ0v) is 22.6. The number of hydrogen-bond donors (Lipinski definition) is 1. The molecule has 1 unspecified atom stereocenters. The number of alkyl halides is 9. The number of benzene rings is 2. The summed E-state index contributed by atoms with van der Waals surface area (Å²) in [6, 6.07) is 11.5. The summed E-state index contributed by atoms with van der Waals surface area (Å²) < 4.78 is 140. The van der Waals surface area contributed by atoms with Gasteiger partial charge in [-0.25, -0.2) is 4.39 Å². The van der Waals surface area contributed by atoms with Crippen LogP contribution >= 0.6 is 20.8 Å². The third-order valence-corrected chi connectivity index (χ3v) is 6.16. The zero-order valence-electron chi connectivity index (χ0n) is 20.7. The Kier molecular flexibility index (Phi) is 9.83. The van der Waals surface area contributed by atoms with Gasteiger partial charge in [0.25, 0.3) is 5.66 Å². The Morgan fingerprint density at radius 1 is 1.00 bits per heavy atom. The lowest BCUT2D eigenvalue weighted by Gasteiger charge is -2.35. The van der Waals surface area contributed by atoms with E-state index in [0.717, 1.165) is 12.3 Å². The first-order chi connectivity index (χ1) is 19.3. The first-order valence-electron chi connectivity index (χ1n) is 11.4. The van der Waals surface area contributed by atoms with Crippen LogP contribution in [0.25, 0.3) is 0 Å². The SMILES string of the molecule is O=C(/C=C(\C(F)(F)F)C(F)(F)P)N[C@@](Cc1ccccc1)(c1cc(F)cc(OC(F)(F)C(F)F)c1)c1ccc(Cl)cn1. The van der Waals surface area contributed by atoms with Gasteiger partial charge < -0.3 is 10.1 Å². The van der Waals surface area contributed by atoms with Crippen LogP contribution < -0.4 is 10.1 Å². The number of hydrogen-bond acceptors (Lipinski definition) is 3. The summed E-state index contributed by atoms with van der Waals surface area (Å²) in [5.41, 5.74) is -9.98. The highest BCUT2D eigenvalue weighted by molar-refractivity contribution is 7.18. The molecule has 1 amide bonds. The molecule has 0 saturated heterocycles. The van der Waals surface area contributed by atoms with Gasteiger partial charge in [0, 0.05) is 24.8 Å². The summed E-state index contributed by atoms with van der Waals surface area (Å²) in [6.07, 6.45) is -15.0. The quantitative estimate of drug-likeness (QED) is 0.140. The first-order valence-corrected chi connectivity index (χ1v) is 12.4. The van der Waals surface area contributed by atoms with Gasteiger partial charge in [0.1, 0.15) is 22.7 Å². The highest BCUT2D eigenvalue weighted by Crippen LogP contribution is 2.42. The lowest BCUT2D eigenvalue weighted by molar-refractivity contribution is -0.253. The molecule has 2 aromatic carbocycles. The predicted octanol–water partition coefficient (Wildman–Crippen LogP) is 7.67. The molecule has 0 aliphatic carbocycles. The molecule has 0 spiro atoms. The molecule has 0 aliphatic heterocycles. The highest BCUT2D eigenvalue weighted by Gasteiger charge is 2.48. The minimum atomic E-state index is -5.68. The maximum atomic E-state index is 14.8. The van der Waals surface area contributed by atoms with Gasteiger partial charge in [0.05, 0.1) is 10.7 Å². The van der Waals surface area contributed by atoms with Crippen molar-refractivity contribution in [2.45, 2.75) is 36.3 Å². The van der Waals surface area contributed by atoms with Crippen LogP contribution in [0.15, 0.2) is 78.5 Å². The second-order valence-corrected chi connectivity index (χ2v) is 9.90. The number of nitrogens with zero attached hydrogens (tertiary/aromatic N) is 1. The number of aromatic nitrogens is 1. The number of amides is 1. The molecule has 1 N–H and O–H groups in total. The van der Waals surface area contributed by atoms with Crippen molar-refractivity contribution in [1.29, 1.82) is 0 Å². The predicted molar refractivity (Wildman–Crippen MR) is 135 cm³/mol. The number of ether oxygens (including phenoxy) is 1. The van der Waals surface area contributed by atoms with Crippen molar-refractivity contribution in [2.75, 3.05) is 0 Å². The molecule has 42 heavy (non-hydrogen) atoms. The van der Waals surface area contributed by atoms with Gasteiger partial charge in [-0.15, -0.1) is 0 Å². The molecule has 0 bridgehead atoms. The Balaban J connectivity index is 2.32. The fourth-order valence-corrected chi connectivity index (χ4v) is 4.22. The Morgan fingerprint density at radius 2 is 1.64 bits per heavy atom. The van der Waals surface area contributed by atoms with Crippen molar-refractivity contribution in [2.24, 2.45) is 0 Å². The highest BCUT2D eigenvalue weighted by atomic mass is 35.5. The van der Waals surface area contributed by atoms with E-state index < -0.39 is 71.0 Å². The van der Waals surface area contributed by atoms with Crippen molar-refractivity contribution < 1.29 is 53.4 Å². The van der Waals surface area contributed by atoms with E-state index in [4.69, 9.17) is 11.6 Å². The number of allylic oxidation sites excluding steroid dienone is 1. The monoisotopic (exact) mass is 646 g/mol. The molecule has 3 aromatic rings. The van der Waals surface area contributed by atoms with Crippen LogP contribution in [0.1, 0.15) is 16.8 Å². The van der Waals surface area contributed by atoms with Crippen molar-refractivity contribution in [1.82, 2.24) is 10.3 Å². The van der Waals surface area contributed by atoms with Crippen molar-refractivity contribution >= 4 is 26.7 Å². The van der Waals surface area contributed by atoms with E-state index in [1.54, 1.807) is 6.07 Å². The summed E-state index contributed by atoms with van der Waals surface area (Å²) in [6.45, 7) is 0. The van der Waals surface area contributed by atoms with E-state index in [-0.39, 0.29) is 10.7 Å². The zero-order chi connectivity index (χ0) is 31.5. The average Bonchev–Trinajstić information content (AvgIpc) is 2.86. The molecule has 0 aliphatic rings. The van der Waals surface area contributed by atoms with Gasteiger partial charge in [-0.2, -0.15) is 39.5 Å². The molecule has 0 saturated carbocycles. The molecule has 16 heteroatoms. The minimum absolute atomic E-state index is 0.0282. The second kappa shape index (κ2) is 12.5. The van der Waals surface area contributed by atoms with Crippen LogP contribution in [0.4, 0.5) is 43.9 Å². The summed E-state index contributed by atoms with van der Waals surface area (Å²) in [5.74, 6) is -4.28. The molecule has 0 radical (unpaired) electrons. The fourth-order valence-electron chi connectivity index (χ4n) is 3.87. The largest absolute Gasteiger partial charge is 0.461 e. The van der Waals surface area contributed by atoms with Gasteiger partial charge in [-0.3, -0.25) is 9.78 Å². The fraction of sp³-hybridized carbons (Fsp3) is 0.231. The van der Waals surface area contributed by atoms with Gasteiger partial charge in [-0.05, 0) is 35.4 Å². The minimum Gasteiger partial charge on any atom is -0.428 e. The van der Waals surface area contributed by atoms with E-state index >= 15 is 0 Å². The standard InChI is InChI=1S/C26H18ClF10N2O2P/c27-16-6-7-20(38-13-16)23(12-14-4-2-1-3-5-14,39-21(40)11-19(24(31,32)33)26(36,37)42)15-8-17(28)10-18(9-15)41-25(34,35)22(29)30/h1-11,13,22H,12,42H2,(H,39,40)/b19-11+/t23-/m0/s1. The molecule has 1 heterocycles. The number of carbonyl (C=O) groups excluding carboxylic acids is 1.